The van der Waals surface area contributed by atoms with Crippen LogP contribution in [0, 0.1) is 0 Å². The number of rotatable bonds is 4. The molecular weight excluding hydrogens is 222 g/mol. The standard InChI is InChI=1S/C15H23N3/c1-16-14(11-13-5-3-2-4-6-13)15-12-17-7-9-18(15)10-8-17/h2-6,14-16H,7-12H2,1H3. The average Bonchev–Trinajstić information content (AvgIpc) is 2.47. The van der Waals surface area contributed by atoms with E-state index < -0.39 is 0 Å². The Morgan fingerprint density at radius 2 is 1.89 bits per heavy atom. The van der Waals surface area contributed by atoms with Gasteiger partial charge in [-0.15, -0.1) is 0 Å². The lowest BCUT2D eigenvalue weighted by atomic mass is 9.94. The summed E-state index contributed by atoms with van der Waals surface area (Å²) >= 11 is 0. The lowest BCUT2D eigenvalue weighted by molar-refractivity contribution is -0.00202. The summed E-state index contributed by atoms with van der Waals surface area (Å²) in [6.07, 6.45) is 1.13. The third-order valence-corrected chi connectivity index (χ3v) is 4.45. The molecular formula is C15H23N3. The molecule has 0 aromatic heterocycles. The van der Waals surface area contributed by atoms with Crippen LogP contribution in [0.2, 0.25) is 0 Å². The summed E-state index contributed by atoms with van der Waals surface area (Å²) in [5, 5.41) is 3.54. The zero-order chi connectivity index (χ0) is 12.4. The van der Waals surface area contributed by atoms with Crippen LogP contribution >= 0.6 is 0 Å². The highest BCUT2D eigenvalue weighted by Gasteiger charge is 2.35. The molecule has 3 heteroatoms. The van der Waals surface area contributed by atoms with Crippen LogP contribution in [-0.2, 0) is 6.42 Å². The molecule has 1 aromatic carbocycles. The fourth-order valence-corrected chi connectivity index (χ4v) is 3.34. The first-order valence-corrected chi connectivity index (χ1v) is 7.04. The molecule has 2 bridgehead atoms. The Morgan fingerprint density at radius 3 is 2.44 bits per heavy atom. The van der Waals surface area contributed by atoms with E-state index in [0.717, 1.165) is 6.42 Å². The van der Waals surface area contributed by atoms with Gasteiger partial charge in [-0.05, 0) is 19.0 Å². The van der Waals surface area contributed by atoms with Crippen molar-refractivity contribution in [2.75, 3.05) is 39.8 Å². The monoisotopic (exact) mass is 245 g/mol. The van der Waals surface area contributed by atoms with E-state index in [1.165, 1.54) is 38.3 Å². The molecule has 2 unspecified atom stereocenters. The molecule has 18 heavy (non-hydrogen) atoms. The van der Waals surface area contributed by atoms with Crippen LogP contribution < -0.4 is 5.32 Å². The lowest BCUT2D eigenvalue weighted by Crippen LogP contribution is -2.66. The highest BCUT2D eigenvalue weighted by atomic mass is 15.4. The fourth-order valence-electron chi connectivity index (χ4n) is 3.34. The molecule has 3 heterocycles. The van der Waals surface area contributed by atoms with Crippen LogP contribution in [0.15, 0.2) is 30.3 Å². The first-order chi connectivity index (χ1) is 8.86. The van der Waals surface area contributed by atoms with Gasteiger partial charge < -0.3 is 5.32 Å². The van der Waals surface area contributed by atoms with E-state index in [-0.39, 0.29) is 0 Å². The van der Waals surface area contributed by atoms with Crippen molar-refractivity contribution >= 4 is 0 Å². The van der Waals surface area contributed by atoms with Crippen molar-refractivity contribution in [3.63, 3.8) is 0 Å². The van der Waals surface area contributed by atoms with Crippen molar-refractivity contribution in [2.24, 2.45) is 0 Å². The largest absolute Gasteiger partial charge is 0.315 e. The van der Waals surface area contributed by atoms with Gasteiger partial charge in [-0.25, -0.2) is 0 Å². The van der Waals surface area contributed by atoms with Crippen LogP contribution in [0.1, 0.15) is 5.56 Å². The van der Waals surface area contributed by atoms with Gasteiger partial charge in [0.05, 0.1) is 0 Å². The highest BCUT2D eigenvalue weighted by molar-refractivity contribution is 5.17. The van der Waals surface area contributed by atoms with Crippen molar-refractivity contribution in [2.45, 2.75) is 18.5 Å². The average molecular weight is 245 g/mol. The Morgan fingerprint density at radius 1 is 1.17 bits per heavy atom. The quantitative estimate of drug-likeness (QED) is 0.847. The number of hydrogen-bond acceptors (Lipinski definition) is 3. The fraction of sp³-hybridized carbons (Fsp3) is 0.600. The van der Waals surface area contributed by atoms with E-state index >= 15 is 0 Å². The molecule has 3 saturated heterocycles. The normalized spacial score (nSPS) is 32.4. The van der Waals surface area contributed by atoms with Crippen LogP contribution in [0.4, 0.5) is 0 Å². The number of fused-ring (bicyclic) bond motifs is 3. The SMILES string of the molecule is CNC(Cc1ccccc1)C1CN2CCN1CC2. The van der Waals surface area contributed by atoms with E-state index in [0.29, 0.717) is 12.1 Å². The zero-order valence-electron chi connectivity index (χ0n) is 11.2. The van der Waals surface area contributed by atoms with Gasteiger partial charge in [0.2, 0.25) is 0 Å². The highest BCUT2D eigenvalue weighted by Crippen LogP contribution is 2.20. The second-order valence-electron chi connectivity index (χ2n) is 5.49. The molecule has 0 aliphatic carbocycles. The van der Waals surface area contributed by atoms with Crippen LogP contribution in [0.25, 0.3) is 0 Å². The van der Waals surface area contributed by atoms with Gasteiger partial charge in [0.1, 0.15) is 0 Å². The predicted octanol–water partition coefficient (Wildman–Crippen LogP) is 0.817. The van der Waals surface area contributed by atoms with Crippen LogP contribution in [0.3, 0.4) is 0 Å². The van der Waals surface area contributed by atoms with E-state index in [1.807, 2.05) is 0 Å². The molecule has 2 atom stereocenters. The third-order valence-electron chi connectivity index (χ3n) is 4.45. The summed E-state index contributed by atoms with van der Waals surface area (Å²) in [6.45, 7) is 6.25. The summed E-state index contributed by atoms with van der Waals surface area (Å²) in [4.78, 5) is 5.28. The minimum atomic E-state index is 0.565. The van der Waals surface area contributed by atoms with E-state index in [1.54, 1.807) is 0 Å². The van der Waals surface area contributed by atoms with Gasteiger partial charge in [-0.1, -0.05) is 30.3 Å². The molecule has 0 radical (unpaired) electrons. The molecule has 3 aliphatic heterocycles. The summed E-state index contributed by atoms with van der Waals surface area (Å²) < 4.78 is 0. The molecule has 3 aliphatic rings. The summed E-state index contributed by atoms with van der Waals surface area (Å²) in [5.41, 5.74) is 1.44. The van der Waals surface area contributed by atoms with E-state index in [4.69, 9.17) is 0 Å². The molecule has 1 N–H and O–H groups in total. The van der Waals surface area contributed by atoms with Gasteiger partial charge in [0.15, 0.2) is 0 Å². The first-order valence-electron chi connectivity index (χ1n) is 7.04. The maximum atomic E-state index is 3.54. The molecule has 1 aromatic rings. The second kappa shape index (κ2) is 5.39. The smallest absolute Gasteiger partial charge is 0.0380 e. The molecule has 0 amide bonds. The van der Waals surface area contributed by atoms with Crippen LogP contribution in [-0.4, -0.2) is 61.7 Å². The van der Waals surface area contributed by atoms with Crippen molar-refractivity contribution in [1.82, 2.24) is 15.1 Å². The Labute approximate surface area is 110 Å². The van der Waals surface area contributed by atoms with E-state index in [9.17, 15) is 0 Å². The van der Waals surface area contributed by atoms with Gasteiger partial charge in [0.25, 0.3) is 0 Å². The molecule has 0 saturated carbocycles. The Kier molecular flexibility index (Phi) is 3.64. The number of benzene rings is 1. The third kappa shape index (κ3) is 2.44. The van der Waals surface area contributed by atoms with Gasteiger partial charge in [-0.2, -0.15) is 0 Å². The number of nitrogens with one attached hydrogen (secondary N) is 1. The molecule has 3 fully saturated rings. The minimum absolute atomic E-state index is 0.565. The topological polar surface area (TPSA) is 18.5 Å². The predicted molar refractivity (Wildman–Crippen MR) is 74.8 cm³/mol. The summed E-state index contributed by atoms with van der Waals surface area (Å²) in [5.74, 6) is 0. The minimum Gasteiger partial charge on any atom is -0.315 e. The Hall–Kier alpha value is -0.900. The van der Waals surface area contributed by atoms with Gasteiger partial charge >= 0.3 is 0 Å². The molecule has 0 spiro atoms. The van der Waals surface area contributed by atoms with Crippen molar-refractivity contribution < 1.29 is 0 Å². The van der Waals surface area contributed by atoms with Gasteiger partial charge in [0, 0.05) is 44.8 Å². The van der Waals surface area contributed by atoms with Crippen molar-refractivity contribution in [3.05, 3.63) is 35.9 Å². The molecule has 4 rings (SSSR count). The number of nitrogens with zero attached hydrogens (tertiary/aromatic N) is 2. The number of hydrogen-bond donors (Lipinski definition) is 1. The number of piperazine rings is 3. The Balaban J connectivity index is 1.69. The first kappa shape index (κ1) is 12.2. The molecule has 3 nitrogen and oxygen atoms in total. The Bertz CT molecular complexity index is 371. The summed E-state index contributed by atoms with van der Waals surface area (Å²) in [6, 6.07) is 12.1. The van der Waals surface area contributed by atoms with Gasteiger partial charge in [-0.3, -0.25) is 9.80 Å². The van der Waals surface area contributed by atoms with Crippen molar-refractivity contribution in [3.8, 4) is 0 Å². The number of likely N-dealkylation sites (N-methyl/N-ethyl adjacent to an activating group) is 1. The van der Waals surface area contributed by atoms with Crippen molar-refractivity contribution in [1.29, 1.82) is 0 Å². The maximum Gasteiger partial charge on any atom is 0.0380 e. The lowest BCUT2D eigenvalue weighted by Gasteiger charge is -2.50. The summed E-state index contributed by atoms with van der Waals surface area (Å²) in [7, 11) is 2.10. The van der Waals surface area contributed by atoms with E-state index in [2.05, 4.69) is 52.5 Å². The zero-order valence-corrected chi connectivity index (χ0v) is 11.2. The van der Waals surface area contributed by atoms with Crippen LogP contribution in [0.5, 0.6) is 0 Å². The second-order valence-corrected chi connectivity index (χ2v) is 5.49. The maximum absolute atomic E-state index is 3.54. The molecule has 98 valence electrons.